The number of benzene rings is 1. The fourth-order valence-corrected chi connectivity index (χ4v) is 3.43. The number of rotatable bonds is 3. The van der Waals surface area contributed by atoms with Crippen molar-refractivity contribution in [2.24, 2.45) is 13.0 Å². The molecule has 1 amide bonds. The summed E-state index contributed by atoms with van der Waals surface area (Å²) >= 11 is 6.25. The molecule has 3 rings (SSSR count). The molecular weight excluding hydrogens is 330 g/mol. The number of likely N-dealkylation sites (tertiary alicyclic amines) is 1. The summed E-state index contributed by atoms with van der Waals surface area (Å²) in [5.41, 5.74) is 1.63. The zero-order chi connectivity index (χ0) is 17.4. The number of amides is 1. The minimum absolute atomic E-state index is 0.214. The smallest absolute Gasteiger partial charge is 0.308 e. The lowest BCUT2D eigenvalue weighted by Crippen LogP contribution is -2.37. The van der Waals surface area contributed by atoms with Gasteiger partial charge in [-0.25, -0.2) is 0 Å². The molecule has 1 aliphatic heterocycles. The average molecular weight is 348 g/mol. The second kappa shape index (κ2) is 6.28. The molecule has 6 nitrogen and oxygen atoms in total. The summed E-state index contributed by atoms with van der Waals surface area (Å²) in [6.07, 6.45) is 2.12. The summed E-state index contributed by atoms with van der Waals surface area (Å²) in [5, 5.41) is 14.2. The van der Waals surface area contributed by atoms with Gasteiger partial charge in [0.1, 0.15) is 5.69 Å². The number of hydrogen-bond donors (Lipinski definition) is 1. The molecule has 7 heteroatoms. The van der Waals surface area contributed by atoms with Crippen LogP contribution in [0.25, 0.3) is 11.3 Å². The average Bonchev–Trinajstić information content (AvgIpc) is 3.10. The van der Waals surface area contributed by atoms with Crippen LogP contribution in [-0.2, 0) is 11.8 Å². The summed E-state index contributed by atoms with van der Waals surface area (Å²) < 4.78 is 1.57. The molecule has 1 aliphatic rings. The Morgan fingerprint density at radius 2 is 2.04 bits per heavy atom. The first-order chi connectivity index (χ1) is 11.4. The monoisotopic (exact) mass is 347 g/mol. The van der Waals surface area contributed by atoms with E-state index in [1.54, 1.807) is 35.8 Å². The Labute approximate surface area is 144 Å². The van der Waals surface area contributed by atoms with Crippen molar-refractivity contribution in [3.63, 3.8) is 0 Å². The molecule has 0 spiro atoms. The summed E-state index contributed by atoms with van der Waals surface area (Å²) in [4.78, 5) is 25.9. The Morgan fingerprint density at radius 3 is 2.67 bits per heavy atom. The highest BCUT2D eigenvalue weighted by Gasteiger charge is 2.39. The van der Waals surface area contributed by atoms with Gasteiger partial charge in [0.05, 0.1) is 16.5 Å². The zero-order valence-corrected chi connectivity index (χ0v) is 14.2. The first-order valence-corrected chi connectivity index (χ1v) is 8.10. The van der Waals surface area contributed by atoms with Crippen LogP contribution >= 0.6 is 11.6 Å². The van der Waals surface area contributed by atoms with Crippen molar-refractivity contribution >= 4 is 23.5 Å². The fourth-order valence-electron chi connectivity index (χ4n) is 3.21. The molecule has 2 unspecified atom stereocenters. The maximum Gasteiger partial charge on any atom is 0.308 e. The molecule has 1 N–H and O–H groups in total. The molecule has 2 aromatic rings. The number of carbonyl (C=O) groups is 2. The molecule has 2 atom stereocenters. The number of aliphatic carboxylic acids is 1. The number of halogens is 1. The number of nitrogens with zero attached hydrogens (tertiary/aromatic N) is 3. The number of carboxylic acids is 1. The van der Waals surface area contributed by atoms with E-state index in [1.807, 2.05) is 18.2 Å². The van der Waals surface area contributed by atoms with Crippen LogP contribution in [0.15, 0.2) is 30.5 Å². The van der Waals surface area contributed by atoms with Gasteiger partial charge in [0.15, 0.2) is 0 Å². The lowest BCUT2D eigenvalue weighted by atomic mass is 10.0. The molecule has 0 radical (unpaired) electrons. The van der Waals surface area contributed by atoms with Gasteiger partial charge < -0.3 is 10.0 Å². The van der Waals surface area contributed by atoms with E-state index in [2.05, 4.69) is 5.10 Å². The van der Waals surface area contributed by atoms with Crippen molar-refractivity contribution in [3.8, 4) is 11.3 Å². The zero-order valence-electron chi connectivity index (χ0n) is 13.4. The molecule has 1 aromatic heterocycles. The van der Waals surface area contributed by atoms with Gasteiger partial charge in [-0.15, -0.1) is 0 Å². The molecule has 1 aromatic carbocycles. The maximum absolute atomic E-state index is 13.0. The molecule has 0 saturated carbocycles. The third-order valence-electron chi connectivity index (χ3n) is 4.52. The topological polar surface area (TPSA) is 75.4 Å². The van der Waals surface area contributed by atoms with E-state index in [-0.39, 0.29) is 11.9 Å². The second-order valence-electron chi connectivity index (χ2n) is 6.02. The van der Waals surface area contributed by atoms with Gasteiger partial charge >= 0.3 is 5.97 Å². The number of aromatic nitrogens is 2. The summed E-state index contributed by atoms with van der Waals surface area (Å²) in [7, 11) is 1.74. The quantitative estimate of drug-likeness (QED) is 0.926. The van der Waals surface area contributed by atoms with Crippen LogP contribution in [0.3, 0.4) is 0 Å². The van der Waals surface area contributed by atoms with Crippen LogP contribution < -0.4 is 0 Å². The molecule has 1 fully saturated rings. The first kappa shape index (κ1) is 16.5. The highest BCUT2D eigenvalue weighted by molar-refractivity contribution is 6.33. The predicted octanol–water partition coefficient (Wildman–Crippen LogP) is 2.68. The van der Waals surface area contributed by atoms with Gasteiger partial charge in [0.25, 0.3) is 5.91 Å². The minimum Gasteiger partial charge on any atom is -0.481 e. The SMILES string of the molecule is CC1C(C(=O)O)CCN1C(=O)c1cn(C)nc1-c1ccccc1Cl. The van der Waals surface area contributed by atoms with E-state index in [0.29, 0.717) is 34.8 Å². The molecule has 24 heavy (non-hydrogen) atoms. The standard InChI is InChI=1S/C17H18ClN3O3/c1-10-11(17(23)24)7-8-21(10)16(22)13-9-20(2)19-15(13)12-5-3-4-6-14(12)18/h3-6,9-11H,7-8H2,1-2H3,(H,23,24). The van der Waals surface area contributed by atoms with Gasteiger partial charge in [0, 0.05) is 31.4 Å². The van der Waals surface area contributed by atoms with Crippen molar-refractivity contribution in [3.05, 3.63) is 41.0 Å². The Morgan fingerprint density at radius 1 is 1.33 bits per heavy atom. The van der Waals surface area contributed by atoms with E-state index in [1.165, 1.54) is 0 Å². The lowest BCUT2D eigenvalue weighted by Gasteiger charge is -2.23. The highest BCUT2D eigenvalue weighted by atomic mass is 35.5. The third-order valence-corrected chi connectivity index (χ3v) is 4.85. The Hall–Kier alpha value is -2.34. The van der Waals surface area contributed by atoms with Crippen molar-refractivity contribution in [1.82, 2.24) is 14.7 Å². The Kier molecular flexibility index (Phi) is 4.32. The van der Waals surface area contributed by atoms with Crippen LogP contribution in [0.4, 0.5) is 0 Å². The van der Waals surface area contributed by atoms with Gasteiger partial charge in [0.2, 0.25) is 0 Å². The van der Waals surface area contributed by atoms with Crippen molar-refractivity contribution < 1.29 is 14.7 Å². The van der Waals surface area contributed by atoms with Crippen LogP contribution in [0, 0.1) is 5.92 Å². The molecule has 0 aliphatic carbocycles. The van der Waals surface area contributed by atoms with Crippen LogP contribution in [-0.4, -0.2) is 44.3 Å². The van der Waals surface area contributed by atoms with E-state index in [4.69, 9.17) is 11.6 Å². The molecule has 2 heterocycles. The van der Waals surface area contributed by atoms with Crippen LogP contribution in [0.2, 0.25) is 5.02 Å². The van der Waals surface area contributed by atoms with Gasteiger partial charge in [-0.05, 0) is 19.4 Å². The fraction of sp³-hybridized carbons (Fsp3) is 0.353. The number of carboxylic acid groups (broad SMARTS) is 1. The number of aryl methyl sites for hydroxylation is 1. The number of hydrogen-bond acceptors (Lipinski definition) is 3. The molecule has 0 bridgehead atoms. The maximum atomic E-state index is 13.0. The van der Waals surface area contributed by atoms with E-state index >= 15 is 0 Å². The van der Waals surface area contributed by atoms with Crippen molar-refractivity contribution in [2.75, 3.05) is 6.54 Å². The van der Waals surface area contributed by atoms with E-state index in [0.717, 1.165) is 0 Å². The largest absolute Gasteiger partial charge is 0.481 e. The Bertz CT molecular complexity index is 802. The summed E-state index contributed by atoms with van der Waals surface area (Å²) in [6.45, 7) is 2.20. The van der Waals surface area contributed by atoms with Gasteiger partial charge in [-0.1, -0.05) is 29.8 Å². The second-order valence-corrected chi connectivity index (χ2v) is 6.42. The lowest BCUT2D eigenvalue weighted by molar-refractivity contribution is -0.142. The highest BCUT2D eigenvalue weighted by Crippen LogP contribution is 2.32. The number of carbonyl (C=O) groups excluding carboxylic acids is 1. The molecular formula is C17H18ClN3O3. The predicted molar refractivity (Wildman–Crippen MR) is 89.9 cm³/mol. The third kappa shape index (κ3) is 2.78. The summed E-state index contributed by atoms with van der Waals surface area (Å²) in [6, 6.07) is 6.86. The minimum atomic E-state index is -0.865. The molecule has 126 valence electrons. The van der Waals surface area contributed by atoms with E-state index in [9.17, 15) is 14.7 Å². The molecule has 1 saturated heterocycles. The van der Waals surface area contributed by atoms with Crippen LogP contribution in [0.5, 0.6) is 0 Å². The Balaban J connectivity index is 1.98. The van der Waals surface area contributed by atoms with E-state index < -0.39 is 11.9 Å². The summed E-state index contributed by atoms with van der Waals surface area (Å²) in [5.74, 6) is -1.61. The van der Waals surface area contributed by atoms with Crippen LogP contribution in [0.1, 0.15) is 23.7 Å². The van der Waals surface area contributed by atoms with Crippen molar-refractivity contribution in [1.29, 1.82) is 0 Å². The normalized spacial score (nSPS) is 20.4. The first-order valence-electron chi connectivity index (χ1n) is 7.72. The van der Waals surface area contributed by atoms with Gasteiger partial charge in [-0.3, -0.25) is 14.3 Å². The van der Waals surface area contributed by atoms with Gasteiger partial charge in [-0.2, -0.15) is 5.10 Å². The van der Waals surface area contributed by atoms with Crippen molar-refractivity contribution in [2.45, 2.75) is 19.4 Å².